The van der Waals surface area contributed by atoms with Gasteiger partial charge in [-0.1, -0.05) is 12.2 Å². The van der Waals surface area contributed by atoms with Gasteiger partial charge in [-0.15, -0.1) is 0 Å². The number of aromatic carboxylic acids is 1. The Morgan fingerprint density at radius 2 is 2.27 bits per heavy atom. The maximum atomic E-state index is 11.4. The van der Waals surface area contributed by atoms with Gasteiger partial charge in [0.15, 0.2) is 0 Å². The molecule has 0 radical (unpaired) electrons. The van der Waals surface area contributed by atoms with Crippen molar-refractivity contribution in [1.29, 1.82) is 0 Å². The summed E-state index contributed by atoms with van der Waals surface area (Å²) in [6.07, 6.45) is 0. The molecule has 0 aliphatic rings. The van der Waals surface area contributed by atoms with E-state index in [4.69, 9.17) is 9.52 Å². The summed E-state index contributed by atoms with van der Waals surface area (Å²) in [5, 5.41) is 8.59. The Hall–Kier alpha value is -1.36. The number of carboxylic acids is 1. The van der Waals surface area contributed by atoms with Crippen molar-refractivity contribution in [3.05, 3.63) is 35.8 Å². The Morgan fingerprint density at radius 3 is 2.73 bits per heavy atom. The van der Waals surface area contributed by atoms with Crippen molar-refractivity contribution in [2.75, 3.05) is 5.75 Å². The Balaban J connectivity index is 2.61. The summed E-state index contributed by atoms with van der Waals surface area (Å²) < 4.78 is 16.4. The lowest BCUT2D eigenvalue weighted by Crippen LogP contribution is -2.00. The van der Waals surface area contributed by atoms with Gasteiger partial charge in [0.2, 0.25) is 5.76 Å². The second-order valence-electron chi connectivity index (χ2n) is 3.26. The van der Waals surface area contributed by atoms with Gasteiger partial charge in [-0.2, -0.15) is 0 Å². The fourth-order valence-electron chi connectivity index (χ4n) is 1.05. The maximum absolute atomic E-state index is 11.4. The topological polar surface area (TPSA) is 67.5 Å². The van der Waals surface area contributed by atoms with Crippen LogP contribution in [0.2, 0.25) is 0 Å². The molecule has 1 atom stereocenters. The summed E-state index contributed by atoms with van der Waals surface area (Å²) in [7, 11) is -1.09. The first kappa shape index (κ1) is 11.7. The number of carbonyl (C=O) groups is 1. The summed E-state index contributed by atoms with van der Waals surface area (Å²) in [4.78, 5) is 10.5. The molecule has 1 aromatic rings. The van der Waals surface area contributed by atoms with Gasteiger partial charge in [-0.05, 0) is 19.1 Å². The molecule has 0 saturated carbocycles. The lowest BCUT2D eigenvalue weighted by molar-refractivity contribution is 0.0661. The first-order valence-electron chi connectivity index (χ1n) is 4.30. The molecule has 15 heavy (non-hydrogen) atoms. The SMILES string of the molecule is C=C(C)CS(=O)Cc1ccc(C(=O)O)o1. The number of rotatable bonds is 5. The standard InChI is InChI=1S/C10H12O4S/c1-7(2)5-15(13)6-8-3-4-9(14-8)10(11)12/h3-4H,1,5-6H2,2H3,(H,11,12). The molecule has 0 saturated heterocycles. The van der Waals surface area contributed by atoms with E-state index in [0.29, 0.717) is 11.5 Å². The molecule has 1 heterocycles. The third kappa shape index (κ3) is 3.71. The van der Waals surface area contributed by atoms with E-state index in [2.05, 4.69) is 6.58 Å². The van der Waals surface area contributed by atoms with Gasteiger partial charge in [0.1, 0.15) is 5.76 Å². The van der Waals surface area contributed by atoms with E-state index in [-0.39, 0.29) is 11.5 Å². The Kier molecular flexibility index (Phi) is 3.85. The van der Waals surface area contributed by atoms with Gasteiger partial charge in [0.05, 0.1) is 5.75 Å². The lowest BCUT2D eigenvalue weighted by Gasteiger charge is -1.98. The number of carboxylic acid groups (broad SMARTS) is 1. The predicted molar refractivity (Wildman–Crippen MR) is 57.2 cm³/mol. The third-order valence-corrected chi connectivity index (χ3v) is 3.00. The van der Waals surface area contributed by atoms with E-state index in [1.807, 2.05) is 0 Å². The van der Waals surface area contributed by atoms with E-state index in [1.54, 1.807) is 6.92 Å². The van der Waals surface area contributed by atoms with Gasteiger partial charge in [0.25, 0.3) is 0 Å². The fourth-order valence-corrected chi connectivity index (χ4v) is 2.18. The van der Waals surface area contributed by atoms with E-state index < -0.39 is 16.8 Å². The third-order valence-electron chi connectivity index (χ3n) is 1.58. The van der Waals surface area contributed by atoms with Crippen molar-refractivity contribution in [1.82, 2.24) is 0 Å². The van der Waals surface area contributed by atoms with Crippen LogP contribution in [0.4, 0.5) is 0 Å². The lowest BCUT2D eigenvalue weighted by atomic mass is 10.4. The molecule has 0 amide bonds. The van der Waals surface area contributed by atoms with Crippen molar-refractivity contribution in [2.24, 2.45) is 0 Å². The average molecular weight is 228 g/mol. The molecular formula is C10H12O4S. The van der Waals surface area contributed by atoms with Crippen LogP contribution in [0.3, 0.4) is 0 Å². The highest BCUT2D eigenvalue weighted by atomic mass is 32.2. The fraction of sp³-hybridized carbons (Fsp3) is 0.300. The number of hydrogen-bond donors (Lipinski definition) is 1. The molecule has 4 nitrogen and oxygen atoms in total. The molecule has 1 unspecified atom stereocenters. The van der Waals surface area contributed by atoms with Crippen LogP contribution in [0.25, 0.3) is 0 Å². The molecule has 0 bridgehead atoms. The van der Waals surface area contributed by atoms with Crippen molar-refractivity contribution in [3.8, 4) is 0 Å². The molecule has 82 valence electrons. The van der Waals surface area contributed by atoms with Crippen molar-refractivity contribution in [3.63, 3.8) is 0 Å². The van der Waals surface area contributed by atoms with Crippen LogP contribution in [0.15, 0.2) is 28.7 Å². The molecule has 0 spiro atoms. The normalized spacial score (nSPS) is 12.3. The van der Waals surface area contributed by atoms with Crippen molar-refractivity contribution >= 4 is 16.8 Å². The molecule has 0 fully saturated rings. The molecule has 0 aliphatic carbocycles. The van der Waals surface area contributed by atoms with Crippen LogP contribution in [0.1, 0.15) is 23.2 Å². The zero-order chi connectivity index (χ0) is 11.4. The summed E-state index contributed by atoms with van der Waals surface area (Å²) in [5.41, 5.74) is 0.832. The minimum Gasteiger partial charge on any atom is -0.475 e. The average Bonchev–Trinajstić information content (AvgIpc) is 2.50. The summed E-state index contributed by atoms with van der Waals surface area (Å²) >= 11 is 0. The molecule has 1 N–H and O–H groups in total. The monoisotopic (exact) mass is 228 g/mol. The van der Waals surface area contributed by atoms with Crippen LogP contribution in [0, 0.1) is 0 Å². The van der Waals surface area contributed by atoms with Gasteiger partial charge in [0, 0.05) is 16.6 Å². The van der Waals surface area contributed by atoms with Gasteiger partial charge in [-0.3, -0.25) is 4.21 Å². The van der Waals surface area contributed by atoms with E-state index in [1.165, 1.54) is 12.1 Å². The maximum Gasteiger partial charge on any atom is 0.371 e. The second-order valence-corrected chi connectivity index (χ2v) is 4.71. The van der Waals surface area contributed by atoms with Crippen LogP contribution >= 0.6 is 0 Å². The van der Waals surface area contributed by atoms with Crippen LogP contribution in [-0.2, 0) is 16.6 Å². The molecule has 1 rings (SSSR count). The number of hydrogen-bond acceptors (Lipinski definition) is 3. The predicted octanol–water partition coefficient (Wildman–Crippen LogP) is 1.80. The highest BCUT2D eigenvalue weighted by Gasteiger charge is 2.10. The molecule has 0 aromatic carbocycles. The van der Waals surface area contributed by atoms with Crippen molar-refractivity contribution in [2.45, 2.75) is 12.7 Å². The Bertz CT molecular complexity index is 405. The number of furan rings is 1. The van der Waals surface area contributed by atoms with Crippen LogP contribution in [0.5, 0.6) is 0 Å². The highest BCUT2D eigenvalue weighted by molar-refractivity contribution is 7.84. The molecule has 1 aromatic heterocycles. The minimum atomic E-state index is -1.12. The zero-order valence-corrected chi connectivity index (χ0v) is 9.17. The quantitative estimate of drug-likeness (QED) is 0.780. The minimum absolute atomic E-state index is 0.127. The first-order chi connectivity index (χ1) is 6.99. The Labute approximate surface area is 90.1 Å². The zero-order valence-electron chi connectivity index (χ0n) is 8.36. The van der Waals surface area contributed by atoms with E-state index in [0.717, 1.165) is 5.57 Å². The second kappa shape index (κ2) is 4.93. The molecular weight excluding hydrogens is 216 g/mol. The van der Waals surface area contributed by atoms with E-state index in [9.17, 15) is 9.00 Å². The van der Waals surface area contributed by atoms with Crippen molar-refractivity contribution < 1.29 is 18.5 Å². The highest BCUT2D eigenvalue weighted by Crippen LogP contribution is 2.11. The first-order valence-corrected chi connectivity index (χ1v) is 5.79. The molecule has 5 heteroatoms. The Morgan fingerprint density at radius 1 is 1.60 bits per heavy atom. The summed E-state index contributed by atoms with van der Waals surface area (Å²) in [6, 6.07) is 2.88. The summed E-state index contributed by atoms with van der Waals surface area (Å²) in [6.45, 7) is 5.45. The van der Waals surface area contributed by atoms with Gasteiger partial charge in [-0.25, -0.2) is 4.79 Å². The molecule has 0 aliphatic heterocycles. The van der Waals surface area contributed by atoms with Crippen LogP contribution in [-0.4, -0.2) is 21.0 Å². The smallest absolute Gasteiger partial charge is 0.371 e. The summed E-state index contributed by atoms with van der Waals surface area (Å²) in [5.74, 6) is -0.195. The van der Waals surface area contributed by atoms with Crippen LogP contribution < -0.4 is 0 Å². The van der Waals surface area contributed by atoms with Gasteiger partial charge >= 0.3 is 5.97 Å². The van der Waals surface area contributed by atoms with Gasteiger partial charge < -0.3 is 9.52 Å². The largest absolute Gasteiger partial charge is 0.475 e. The van der Waals surface area contributed by atoms with E-state index >= 15 is 0 Å².